The lowest BCUT2D eigenvalue weighted by Crippen LogP contribution is -2.30. The zero-order chi connectivity index (χ0) is 18.4. The second kappa shape index (κ2) is 6.15. The first-order valence-corrected chi connectivity index (χ1v) is 8.80. The minimum Gasteiger partial charge on any atom is -0.454 e. The lowest BCUT2D eigenvalue weighted by Gasteiger charge is -2.21. The summed E-state index contributed by atoms with van der Waals surface area (Å²) < 4.78 is 21.3. The van der Waals surface area contributed by atoms with Gasteiger partial charge in [-0.25, -0.2) is 0 Å². The van der Waals surface area contributed by atoms with Crippen molar-refractivity contribution in [2.24, 2.45) is 0 Å². The SMILES string of the molecule is Cc1cc(C2CCCN2C(=O)c2cc(-c3ccc4c(c3)OCO4)on2)no1. The molecule has 0 radical (unpaired) electrons. The number of hydrogen-bond acceptors (Lipinski definition) is 7. The number of likely N-dealkylation sites (tertiary alicyclic amines) is 1. The topological polar surface area (TPSA) is 90.8 Å². The van der Waals surface area contributed by atoms with Crippen LogP contribution in [0.2, 0.25) is 0 Å². The summed E-state index contributed by atoms with van der Waals surface area (Å²) in [6.07, 6.45) is 1.76. The molecule has 1 unspecified atom stereocenters. The van der Waals surface area contributed by atoms with Crippen LogP contribution in [0.4, 0.5) is 0 Å². The Morgan fingerprint density at radius 2 is 2.00 bits per heavy atom. The number of nitrogens with zero attached hydrogens (tertiary/aromatic N) is 3. The van der Waals surface area contributed by atoms with Gasteiger partial charge in [-0.15, -0.1) is 0 Å². The van der Waals surface area contributed by atoms with Crippen LogP contribution in [0.3, 0.4) is 0 Å². The number of rotatable bonds is 3. The standard InChI is InChI=1S/C19H17N3O5/c1-11-7-13(20-26-11)15-3-2-6-22(15)19(23)14-9-17(27-21-14)12-4-5-16-18(8-12)25-10-24-16/h4-5,7-9,15H,2-3,6,10H2,1H3. The van der Waals surface area contributed by atoms with Crippen molar-refractivity contribution in [2.75, 3.05) is 13.3 Å². The van der Waals surface area contributed by atoms with Crippen LogP contribution in [0, 0.1) is 6.92 Å². The number of aryl methyl sites for hydroxylation is 1. The van der Waals surface area contributed by atoms with E-state index < -0.39 is 0 Å². The maximum absolute atomic E-state index is 13.0. The third-order valence-corrected chi connectivity index (χ3v) is 4.89. The largest absolute Gasteiger partial charge is 0.454 e. The Morgan fingerprint density at radius 1 is 1.11 bits per heavy atom. The fourth-order valence-corrected chi connectivity index (χ4v) is 3.57. The van der Waals surface area contributed by atoms with Gasteiger partial charge in [-0.05, 0) is 38.0 Å². The molecule has 4 heterocycles. The van der Waals surface area contributed by atoms with Crippen LogP contribution < -0.4 is 9.47 Å². The Hall–Kier alpha value is -3.29. The van der Waals surface area contributed by atoms with Crippen molar-refractivity contribution in [3.05, 3.63) is 47.5 Å². The molecular weight excluding hydrogens is 350 g/mol. The van der Waals surface area contributed by atoms with Crippen molar-refractivity contribution in [1.29, 1.82) is 0 Å². The van der Waals surface area contributed by atoms with Crippen LogP contribution in [0.5, 0.6) is 11.5 Å². The number of carbonyl (C=O) groups is 1. The number of benzene rings is 1. The zero-order valence-electron chi connectivity index (χ0n) is 14.7. The second-order valence-corrected chi connectivity index (χ2v) is 6.66. The van der Waals surface area contributed by atoms with Crippen molar-refractivity contribution >= 4 is 5.91 Å². The number of aromatic nitrogens is 2. The number of carbonyl (C=O) groups excluding carboxylic acids is 1. The van der Waals surface area contributed by atoms with Crippen LogP contribution >= 0.6 is 0 Å². The average Bonchev–Trinajstić information content (AvgIpc) is 3.45. The van der Waals surface area contributed by atoms with Gasteiger partial charge in [0, 0.05) is 24.2 Å². The quantitative estimate of drug-likeness (QED) is 0.701. The number of fused-ring (bicyclic) bond motifs is 1. The lowest BCUT2D eigenvalue weighted by molar-refractivity contribution is 0.0720. The highest BCUT2D eigenvalue weighted by Gasteiger charge is 2.34. The Morgan fingerprint density at radius 3 is 2.85 bits per heavy atom. The van der Waals surface area contributed by atoms with E-state index >= 15 is 0 Å². The highest BCUT2D eigenvalue weighted by Crippen LogP contribution is 2.37. The van der Waals surface area contributed by atoms with E-state index in [0.29, 0.717) is 23.8 Å². The normalized spacial score (nSPS) is 18.3. The predicted octanol–water partition coefficient (Wildman–Crippen LogP) is 3.34. The Kier molecular flexibility index (Phi) is 3.63. The van der Waals surface area contributed by atoms with Crippen LogP contribution in [0.1, 0.15) is 40.8 Å². The Balaban J connectivity index is 1.40. The Labute approximate surface area is 154 Å². The highest BCUT2D eigenvalue weighted by molar-refractivity contribution is 5.93. The van der Waals surface area contributed by atoms with Crippen LogP contribution in [-0.4, -0.2) is 34.5 Å². The van der Waals surface area contributed by atoms with Gasteiger partial charge >= 0.3 is 0 Å². The second-order valence-electron chi connectivity index (χ2n) is 6.66. The summed E-state index contributed by atoms with van der Waals surface area (Å²) in [7, 11) is 0. The smallest absolute Gasteiger partial charge is 0.276 e. The van der Waals surface area contributed by atoms with Crippen molar-refractivity contribution in [3.8, 4) is 22.8 Å². The molecule has 2 aliphatic rings. The summed E-state index contributed by atoms with van der Waals surface area (Å²) in [4.78, 5) is 14.7. The summed E-state index contributed by atoms with van der Waals surface area (Å²) in [5.74, 6) is 2.41. The monoisotopic (exact) mass is 367 g/mol. The van der Waals surface area contributed by atoms with Gasteiger partial charge in [0.05, 0.1) is 6.04 Å². The zero-order valence-corrected chi connectivity index (χ0v) is 14.7. The maximum atomic E-state index is 13.0. The van der Waals surface area contributed by atoms with Crippen LogP contribution in [-0.2, 0) is 0 Å². The van der Waals surface area contributed by atoms with Crippen molar-refractivity contribution in [2.45, 2.75) is 25.8 Å². The van der Waals surface area contributed by atoms with E-state index in [-0.39, 0.29) is 24.4 Å². The van der Waals surface area contributed by atoms with Gasteiger partial charge in [0.2, 0.25) is 6.79 Å². The number of amides is 1. The molecule has 0 spiro atoms. The molecule has 0 N–H and O–H groups in total. The van der Waals surface area contributed by atoms with Gasteiger partial charge in [-0.1, -0.05) is 10.3 Å². The van der Waals surface area contributed by atoms with Gasteiger partial charge in [0.15, 0.2) is 23.0 Å². The molecule has 1 fully saturated rings. The van der Waals surface area contributed by atoms with E-state index in [4.69, 9.17) is 18.5 Å². The molecule has 1 saturated heterocycles. The van der Waals surface area contributed by atoms with Crippen molar-refractivity contribution < 1.29 is 23.3 Å². The first-order chi connectivity index (χ1) is 13.2. The first kappa shape index (κ1) is 15.9. The first-order valence-electron chi connectivity index (χ1n) is 8.80. The molecule has 2 aliphatic heterocycles. The Bertz CT molecular complexity index is 1010. The minimum atomic E-state index is -0.172. The number of ether oxygens (including phenoxy) is 2. The molecule has 138 valence electrons. The average molecular weight is 367 g/mol. The van der Waals surface area contributed by atoms with Crippen molar-refractivity contribution in [1.82, 2.24) is 15.2 Å². The molecule has 1 aromatic carbocycles. The molecule has 8 nitrogen and oxygen atoms in total. The van der Waals surface area contributed by atoms with Gasteiger partial charge in [0.25, 0.3) is 5.91 Å². The molecule has 0 saturated carbocycles. The van der Waals surface area contributed by atoms with Gasteiger partial charge in [-0.2, -0.15) is 0 Å². The summed E-state index contributed by atoms with van der Waals surface area (Å²) in [6, 6.07) is 8.90. The molecular formula is C19H17N3O5. The molecule has 5 rings (SSSR count). The van der Waals surface area contributed by atoms with E-state index in [0.717, 1.165) is 29.9 Å². The van der Waals surface area contributed by atoms with Gasteiger partial charge in [-0.3, -0.25) is 4.79 Å². The molecule has 3 aromatic rings. The van der Waals surface area contributed by atoms with E-state index in [2.05, 4.69) is 10.3 Å². The number of hydrogen-bond donors (Lipinski definition) is 0. The molecule has 0 aliphatic carbocycles. The lowest BCUT2D eigenvalue weighted by atomic mass is 10.1. The molecule has 1 atom stereocenters. The summed E-state index contributed by atoms with van der Waals surface area (Å²) in [5, 5.41) is 8.05. The molecule has 1 amide bonds. The summed E-state index contributed by atoms with van der Waals surface area (Å²) in [5.41, 5.74) is 1.82. The van der Waals surface area contributed by atoms with Gasteiger partial charge < -0.3 is 23.4 Å². The fourth-order valence-electron chi connectivity index (χ4n) is 3.57. The van der Waals surface area contributed by atoms with Gasteiger partial charge in [0.1, 0.15) is 11.5 Å². The van der Waals surface area contributed by atoms with E-state index in [9.17, 15) is 4.79 Å². The molecule has 2 aromatic heterocycles. The molecule has 8 heteroatoms. The van der Waals surface area contributed by atoms with Crippen molar-refractivity contribution in [3.63, 3.8) is 0 Å². The third kappa shape index (κ3) is 2.73. The van der Waals surface area contributed by atoms with Crippen LogP contribution in [0.25, 0.3) is 11.3 Å². The predicted molar refractivity (Wildman–Crippen MR) is 92.3 cm³/mol. The summed E-state index contributed by atoms with van der Waals surface area (Å²) in [6.45, 7) is 2.70. The van der Waals surface area contributed by atoms with Crippen LogP contribution in [0.15, 0.2) is 39.4 Å². The minimum absolute atomic E-state index is 0.0966. The third-order valence-electron chi connectivity index (χ3n) is 4.89. The highest BCUT2D eigenvalue weighted by atomic mass is 16.7. The maximum Gasteiger partial charge on any atom is 0.276 e. The molecule has 27 heavy (non-hydrogen) atoms. The fraction of sp³-hybridized carbons (Fsp3) is 0.316. The van der Waals surface area contributed by atoms with E-state index in [1.54, 1.807) is 11.0 Å². The van der Waals surface area contributed by atoms with E-state index in [1.807, 2.05) is 31.2 Å². The molecule has 0 bridgehead atoms. The summed E-state index contributed by atoms with van der Waals surface area (Å²) >= 11 is 0. The van der Waals surface area contributed by atoms with E-state index in [1.165, 1.54) is 0 Å².